The van der Waals surface area contributed by atoms with E-state index in [0.29, 0.717) is 23.1 Å². The van der Waals surface area contributed by atoms with E-state index in [1.165, 1.54) is 0 Å². The van der Waals surface area contributed by atoms with E-state index in [1.54, 1.807) is 15.6 Å². The Labute approximate surface area is 203 Å². The van der Waals surface area contributed by atoms with E-state index in [-0.39, 0.29) is 29.7 Å². The zero-order chi connectivity index (χ0) is 24.6. The smallest absolute Gasteiger partial charge is 0.245 e. The molecule has 0 spiro atoms. The number of halogens is 1. The van der Waals surface area contributed by atoms with Crippen LogP contribution in [0.15, 0.2) is 30.3 Å². The third-order valence-corrected chi connectivity index (χ3v) is 6.03. The number of benzene rings is 1. The molecular weight excluding hydrogens is 436 g/mol. The lowest BCUT2D eigenvalue weighted by Crippen LogP contribution is -2.42. The van der Waals surface area contributed by atoms with E-state index in [4.69, 9.17) is 16.7 Å². The molecule has 2 amide bonds. The van der Waals surface area contributed by atoms with Gasteiger partial charge >= 0.3 is 0 Å². The summed E-state index contributed by atoms with van der Waals surface area (Å²) in [5.74, 6) is 0.333. The molecule has 182 valence electrons. The van der Waals surface area contributed by atoms with Crippen molar-refractivity contribution < 1.29 is 9.59 Å². The van der Waals surface area contributed by atoms with Crippen LogP contribution in [0, 0.1) is 5.92 Å². The minimum absolute atomic E-state index is 0.0217. The summed E-state index contributed by atoms with van der Waals surface area (Å²) in [4.78, 5) is 27.9. The molecular formula is C26H39ClN4O2. The SMILES string of the molecule is CCCCC(CC)C(=O)N(CCC)CC(=O)Nc1cc(C(C)(C)C)nn1-c1ccccc1Cl. The number of hydrogen-bond donors (Lipinski definition) is 1. The Morgan fingerprint density at radius 1 is 1.15 bits per heavy atom. The maximum atomic E-state index is 13.1. The summed E-state index contributed by atoms with van der Waals surface area (Å²) in [5.41, 5.74) is 1.32. The Bertz CT molecular complexity index is 933. The van der Waals surface area contributed by atoms with Crippen molar-refractivity contribution in [3.05, 3.63) is 41.0 Å². The fraction of sp³-hybridized carbons (Fsp3) is 0.577. The molecule has 2 aromatic rings. The van der Waals surface area contributed by atoms with Gasteiger partial charge in [-0.1, -0.05) is 78.1 Å². The average molecular weight is 475 g/mol. The average Bonchev–Trinajstić information content (AvgIpc) is 3.18. The standard InChI is InChI=1S/C26H39ClN4O2/c1-7-10-13-19(9-3)25(33)30(16-8-2)18-24(32)28-23-17-22(26(4,5)6)29-31(23)21-15-12-11-14-20(21)27/h11-12,14-15,17,19H,7-10,13,16,18H2,1-6H3,(H,28,32). The molecule has 0 aliphatic rings. The summed E-state index contributed by atoms with van der Waals surface area (Å²) in [6, 6.07) is 9.28. The van der Waals surface area contributed by atoms with Gasteiger partial charge in [-0.2, -0.15) is 5.10 Å². The molecule has 1 N–H and O–H groups in total. The van der Waals surface area contributed by atoms with Crippen LogP contribution in [0.4, 0.5) is 5.82 Å². The van der Waals surface area contributed by atoms with Crippen LogP contribution >= 0.6 is 11.6 Å². The molecule has 1 aromatic heterocycles. The Balaban J connectivity index is 2.28. The van der Waals surface area contributed by atoms with Crippen molar-refractivity contribution in [3.8, 4) is 5.69 Å². The minimum Gasteiger partial charge on any atom is -0.333 e. The Kier molecular flexibility index (Phi) is 9.96. The van der Waals surface area contributed by atoms with Gasteiger partial charge in [0.1, 0.15) is 5.82 Å². The van der Waals surface area contributed by atoms with Gasteiger partial charge in [-0.05, 0) is 31.4 Å². The van der Waals surface area contributed by atoms with E-state index < -0.39 is 0 Å². The first-order chi connectivity index (χ1) is 15.6. The van der Waals surface area contributed by atoms with Gasteiger partial charge in [0, 0.05) is 23.9 Å². The summed E-state index contributed by atoms with van der Waals surface area (Å²) in [6.45, 7) is 13.0. The van der Waals surface area contributed by atoms with Gasteiger partial charge in [-0.25, -0.2) is 4.68 Å². The van der Waals surface area contributed by atoms with Gasteiger partial charge in [-0.15, -0.1) is 0 Å². The first-order valence-corrected chi connectivity index (χ1v) is 12.4. The summed E-state index contributed by atoms with van der Waals surface area (Å²) < 4.78 is 1.67. The molecule has 1 unspecified atom stereocenters. The Morgan fingerprint density at radius 2 is 1.85 bits per heavy atom. The van der Waals surface area contributed by atoms with Crippen LogP contribution in [0.1, 0.15) is 79.3 Å². The van der Waals surface area contributed by atoms with Gasteiger partial charge in [-0.3, -0.25) is 9.59 Å². The van der Waals surface area contributed by atoms with Crippen molar-refractivity contribution in [1.29, 1.82) is 0 Å². The minimum atomic E-state index is -0.240. The topological polar surface area (TPSA) is 67.2 Å². The van der Waals surface area contributed by atoms with Crippen molar-refractivity contribution in [2.45, 2.75) is 79.1 Å². The lowest BCUT2D eigenvalue weighted by molar-refractivity contribution is -0.138. The molecule has 0 fully saturated rings. The molecule has 0 saturated carbocycles. The number of rotatable bonds is 11. The predicted molar refractivity (Wildman–Crippen MR) is 136 cm³/mol. The van der Waals surface area contributed by atoms with Crippen LogP contribution in [0.5, 0.6) is 0 Å². The van der Waals surface area contributed by atoms with Crippen LogP contribution in [0.3, 0.4) is 0 Å². The number of nitrogens with zero attached hydrogens (tertiary/aromatic N) is 3. The van der Waals surface area contributed by atoms with Crippen molar-refractivity contribution >= 4 is 29.2 Å². The molecule has 1 heterocycles. The fourth-order valence-corrected chi connectivity index (χ4v) is 3.96. The van der Waals surface area contributed by atoms with Gasteiger partial charge in [0.2, 0.25) is 11.8 Å². The fourth-order valence-electron chi connectivity index (χ4n) is 3.75. The molecule has 0 saturated heterocycles. The number of unbranched alkanes of at least 4 members (excludes halogenated alkanes) is 1. The molecule has 0 aliphatic carbocycles. The van der Waals surface area contributed by atoms with Crippen molar-refractivity contribution in [2.24, 2.45) is 5.92 Å². The van der Waals surface area contributed by atoms with Gasteiger partial charge in [0.25, 0.3) is 0 Å². The number of amides is 2. The monoisotopic (exact) mass is 474 g/mol. The third-order valence-electron chi connectivity index (χ3n) is 5.71. The normalized spacial score (nSPS) is 12.5. The van der Waals surface area contributed by atoms with Crippen molar-refractivity contribution in [3.63, 3.8) is 0 Å². The second-order valence-corrected chi connectivity index (χ2v) is 9.99. The summed E-state index contributed by atoms with van der Waals surface area (Å²) in [6.07, 6.45) is 4.52. The highest BCUT2D eigenvalue weighted by atomic mass is 35.5. The number of para-hydroxylation sites is 1. The molecule has 0 bridgehead atoms. The molecule has 33 heavy (non-hydrogen) atoms. The van der Waals surface area contributed by atoms with Gasteiger partial charge < -0.3 is 10.2 Å². The predicted octanol–water partition coefficient (Wildman–Crippen LogP) is 6.22. The van der Waals surface area contributed by atoms with Crippen molar-refractivity contribution in [2.75, 3.05) is 18.4 Å². The maximum absolute atomic E-state index is 13.1. The number of carbonyl (C=O) groups is 2. The van der Waals surface area contributed by atoms with Crippen LogP contribution in [0.2, 0.25) is 5.02 Å². The Morgan fingerprint density at radius 3 is 2.42 bits per heavy atom. The Hall–Kier alpha value is -2.34. The number of carbonyl (C=O) groups excluding carboxylic acids is 2. The molecule has 6 nitrogen and oxygen atoms in total. The van der Waals surface area contributed by atoms with E-state index >= 15 is 0 Å². The third kappa shape index (κ3) is 7.32. The number of aromatic nitrogens is 2. The van der Waals surface area contributed by atoms with Crippen molar-refractivity contribution in [1.82, 2.24) is 14.7 Å². The largest absolute Gasteiger partial charge is 0.333 e. The summed E-state index contributed by atoms with van der Waals surface area (Å²) in [7, 11) is 0. The second-order valence-electron chi connectivity index (χ2n) is 9.58. The summed E-state index contributed by atoms with van der Waals surface area (Å²) in [5, 5.41) is 8.25. The summed E-state index contributed by atoms with van der Waals surface area (Å²) >= 11 is 6.42. The molecule has 0 aliphatic heterocycles. The van der Waals surface area contributed by atoms with E-state index in [0.717, 1.165) is 37.8 Å². The highest BCUT2D eigenvalue weighted by molar-refractivity contribution is 6.32. The molecule has 1 atom stereocenters. The van der Waals surface area contributed by atoms with E-state index in [2.05, 4.69) is 33.0 Å². The number of anilines is 1. The van der Waals surface area contributed by atoms with Crippen LogP contribution in [-0.4, -0.2) is 39.6 Å². The number of nitrogens with one attached hydrogen (secondary N) is 1. The number of hydrogen-bond acceptors (Lipinski definition) is 3. The van der Waals surface area contributed by atoms with Gasteiger partial charge in [0.15, 0.2) is 0 Å². The maximum Gasteiger partial charge on any atom is 0.245 e. The van der Waals surface area contributed by atoms with Crippen LogP contribution in [0.25, 0.3) is 5.69 Å². The zero-order valence-electron chi connectivity index (χ0n) is 20.9. The lowest BCUT2D eigenvalue weighted by Gasteiger charge is -2.26. The lowest BCUT2D eigenvalue weighted by atomic mass is 9.92. The second kappa shape index (κ2) is 12.2. The quantitative estimate of drug-likeness (QED) is 0.420. The van der Waals surface area contributed by atoms with E-state index in [1.807, 2.05) is 38.1 Å². The molecule has 7 heteroatoms. The van der Waals surface area contributed by atoms with Crippen LogP contribution < -0.4 is 5.32 Å². The molecule has 2 rings (SSSR count). The first kappa shape index (κ1) is 26.9. The van der Waals surface area contributed by atoms with Gasteiger partial charge in [0.05, 0.1) is 22.9 Å². The van der Waals surface area contributed by atoms with E-state index in [9.17, 15) is 9.59 Å². The molecule has 1 aromatic carbocycles. The van der Waals surface area contributed by atoms with Crippen LogP contribution in [-0.2, 0) is 15.0 Å². The highest BCUT2D eigenvalue weighted by Gasteiger charge is 2.26. The highest BCUT2D eigenvalue weighted by Crippen LogP contribution is 2.29. The zero-order valence-corrected chi connectivity index (χ0v) is 21.7. The first-order valence-electron chi connectivity index (χ1n) is 12.1. The molecule has 0 radical (unpaired) electrons.